The van der Waals surface area contributed by atoms with Crippen LogP contribution >= 0.6 is 0 Å². The van der Waals surface area contributed by atoms with Gasteiger partial charge in [0.25, 0.3) is 0 Å². The van der Waals surface area contributed by atoms with Gasteiger partial charge < -0.3 is 5.73 Å². The van der Waals surface area contributed by atoms with E-state index in [1.807, 2.05) is 24.3 Å². The molecular weight excluding hydrogens is 241 g/mol. The van der Waals surface area contributed by atoms with Crippen molar-refractivity contribution in [1.29, 1.82) is 0 Å². The first-order valence-corrected chi connectivity index (χ1v) is 6.17. The Labute approximate surface area is 112 Å². The van der Waals surface area contributed by atoms with Gasteiger partial charge in [-0.1, -0.05) is 36.4 Å². The van der Waals surface area contributed by atoms with Gasteiger partial charge in [-0.05, 0) is 42.2 Å². The molecule has 1 unspecified atom stereocenters. The summed E-state index contributed by atoms with van der Waals surface area (Å²) in [4.78, 5) is 11.1. The minimum atomic E-state index is -0.448. The quantitative estimate of drug-likeness (QED) is 0.915. The van der Waals surface area contributed by atoms with E-state index >= 15 is 0 Å². The zero-order chi connectivity index (χ0) is 13.8. The van der Waals surface area contributed by atoms with E-state index < -0.39 is 6.04 Å². The molecule has 2 nitrogen and oxygen atoms in total. The second-order valence-corrected chi connectivity index (χ2v) is 4.63. The van der Waals surface area contributed by atoms with E-state index in [1.165, 1.54) is 19.1 Å². The highest BCUT2D eigenvalue weighted by Gasteiger charge is 2.08. The molecule has 3 heteroatoms. The number of carbonyl (C=O) groups excluding carboxylic acids is 1. The zero-order valence-electron chi connectivity index (χ0n) is 10.8. The standard InChI is InChI=1S/C16H16FNO/c1-11(19)16(18)10-12-2-4-13(5-3-12)14-6-8-15(17)9-7-14/h2-9,16H,10,18H2,1H3. The highest BCUT2D eigenvalue weighted by molar-refractivity contribution is 5.81. The Balaban J connectivity index is 2.14. The lowest BCUT2D eigenvalue weighted by molar-refractivity contribution is -0.118. The molecule has 0 aliphatic heterocycles. The summed E-state index contributed by atoms with van der Waals surface area (Å²) >= 11 is 0. The Morgan fingerprint density at radius 1 is 1.05 bits per heavy atom. The molecule has 0 fully saturated rings. The van der Waals surface area contributed by atoms with Gasteiger partial charge in [0.1, 0.15) is 11.6 Å². The number of carbonyl (C=O) groups is 1. The van der Waals surface area contributed by atoms with Crippen LogP contribution in [0.1, 0.15) is 12.5 Å². The maximum absolute atomic E-state index is 12.8. The molecule has 0 heterocycles. The molecule has 1 atom stereocenters. The van der Waals surface area contributed by atoms with Crippen molar-refractivity contribution in [2.45, 2.75) is 19.4 Å². The highest BCUT2D eigenvalue weighted by atomic mass is 19.1. The Bertz CT molecular complexity index is 560. The molecule has 0 saturated heterocycles. The summed E-state index contributed by atoms with van der Waals surface area (Å²) in [6.45, 7) is 1.50. The van der Waals surface area contributed by atoms with Crippen LogP contribution in [-0.4, -0.2) is 11.8 Å². The third-order valence-corrected chi connectivity index (χ3v) is 3.11. The van der Waals surface area contributed by atoms with Gasteiger partial charge in [0.05, 0.1) is 6.04 Å². The van der Waals surface area contributed by atoms with E-state index in [0.29, 0.717) is 6.42 Å². The van der Waals surface area contributed by atoms with Crippen molar-refractivity contribution >= 4 is 5.78 Å². The van der Waals surface area contributed by atoms with Gasteiger partial charge in [-0.15, -0.1) is 0 Å². The molecule has 0 saturated carbocycles. The van der Waals surface area contributed by atoms with Crippen LogP contribution in [0.5, 0.6) is 0 Å². The van der Waals surface area contributed by atoms with Crippen molar-refractivity contribution in [3.8, 4) is 11.1 Å². The summed E-state index contributed by atoms with van der Waals surface area (Å²) in [5.74, 6) is -0.254. The van der Waals surface area contributed by atoms with Crippen molar-refractivity contribution in [1.82, 2.24) is 0 Å². The fourth-order valence-electron chi connectivity index (χ4n) is 1.87. The minimum absolute atomic E-state index is 0.0115. The second-order valence-electron chi connectivity index (χ2n) is 4.63. The van der Waals surface area contributed by atoms with Gasteiger partial charge in [-0.25, -0.2) is 4.39 Å². The van der Waals surface area contributed by atoms with Crippen molar-refractivity contribution < 1.29 is 9.18 Å². The summed E-state index contributed by atoms with van der Waals surface area (Å²) in [6, 6.07) is 13.7. The van der Waals surface area contributed by atoms with Crippen molar-refractivity contribution in [2.24, 2.45) is 5.73 Å². The maximum atomic E-state index is 12.8. The first-order valence-electron chi connectivity index (χ1n) is 6.17. The SMILES string of the molecule is CC(=O)C(N)Cc1ccc(-c2ccc(F)cc2)cc1. The largest absolute Gasteiger partial charge is 0.321 e. The van der Waals surface area contributed by atoms with Crippen LogP contribution in [0.15, 0.2) is 48.5 Å². The van der Waals surface area contributed by atoms with Crippen molar-refractivity contribution in [3.05, 3.63) is 59.9 Å². The van der Waals surface area contributed by atoms with Crippen LogP contribution in [0.3, 0.4) is 0 Å². The lowest BCUT2D eigenvalue weighted by Gasteiger charge is -2.08. The molecule has 98 valence electrons. The molecule has 19 heavy (non-hydrogen) atoms. The van der Waals surface area contributed by atoms with Crippen LogP contribution in [0, 0.1) is 5.82 Å². The summed E-state index contributed by atoms with van der Waals surface area (Å²) in [5, 5.41) is 0. The Hall–Kier alpha value is -2.00. The van der Waals surface area contributed by atoms with Crippen LogP contribution in [-0.2, 0) is 11.2 Å². The molecule has 0 aliphatic rings. The molecule has 0 spiro atoms. The molecule has 2 aromatic carbocycles. The zero-order valence-corrected chi connectivity index (χ0v) is 10.8. The first kappa shape index (κ1) is 13.4. The summed E-state index contributed by atoms with van der Waals surface area (Å²) in [6.07, 6.45) is 0.541. The number of ketones is 1. The third-order valence-electron chi connectivity index (χ3n) is 3.11. The van der Waals surface area contributed by atoms with Gasteiger partial charge in [0.15, 0.2) is 0 Å². The number of benzene rings is 2. The van der Waals surface area contributed by atoms with E-state index in [0.717, 1.165) is 16.7 Å². The van der Waals surface area contributed by atoms with Crippen LogP contribution < -0.4 is 5.73 Å². The first-order chi connectivity index (χ1) is 9.06. The molecule has 2 aromatic rings. The molecule has 2 rings (SSSR count). The number of hydrogen-bond donors (Lipinski definition) is 1. The fourth-order valence-corrected chi connectivity index (χ4v) is 1.87. The van der Waals surface area contributed by atoms with Crippen molar-refractivity contribution in [3.63, 3.8) is 0 Å². The lowest BCUT2D eigenvalue weighted by atomic mass is 10.00. The van der Waals surface area contributed by atoms with Gasteiger partial charge in [0.2, 0.25) is 0 Å². The molecule has 0 bridgehead atoms. The maximum Gasteiger partial charge on any atom is 0.146 e. The van der Waals surface area contributed by atoms with Crippen LogP contribution in [0.2, 0.25) is 0 Å². The number of hydrogen-bond acceptors (Lipinski definition) is 2. The predicted octanol–water partition coefficient (Wildman–Crippen LogP) is 2.95. The number of halogens is 1. The van der Waals surface area contributed by atoms with E-state index in [4.69, 9.17) is 5.73 Å². The molecular formula is C16H16FNO. The number of nitrogens with two attached hydrogens (primary N) is 1. The normalized spacial score (nSPS) is 12.2. The molecule has 0 radical (unpaired) electrons. The molecule has 0 aromatic heterocycles. The van der Waals surface area contributed by atoms with E-state index in [-0.39, 0.29) is 11.6 Å². The highest BCUT2D eigenvalue weighted by Crippen LogP contribution is 2.20. The van der Waals surface area contributed by atoms with Crippen LogP contribution in [0.25, 0.3) is 11.1 Å². The van der Waals surface area contributed by atoms with E-state index in [9.17, 15) is 9.18 Å². The predicted molar refractivity (Wildman–Crippen MR) is 74.2 cm³/mol. The molecule has 0 aliphatic carbocycles. The second kappa shape index (κ2) is 5.76. The Morgan fingerprint density at radius 3 is 2.00 bits per heavy atom. The lowest BCUT2D eigenvalue weighted by Crippen LogP contribution is -2.30. The minimum Gasteiger partial charge on any atom is -0.321 e. The number of Topliss-reactive ketones (excluding diaryl/α,β-unsaturated/α-hetero) is 1. The topological polar surface area (TPSA) is 43.1 Å². The third kappa shape index (κ3) is 3.48. The van der Waals surface area contributed by atoms with E-state index in [2.05, 4.69) is 0 Å². The Kier molecular flexibility index (Phi) is 4.07. The van der Waals surface area contributed by atoms with Gasteiger partial charge in [-0.2, -0.15) is 0 Å². The van der Waals surface area contributed by atoms with Gasteiger partial charge in [0, 0.05) is 0 Å². The van der Waals surface area contributed by atoms with E-state index in [1.54, 1.807) is 12.1 Å². The van der Waals surface area contributed by atoms with Crippen LogP contribution in [0.4, 0.5) is 4.39 Å². The summed E-state index contributed by atoms with van der Waals surface area (Å²) in [5.41, 5.74) is 8.72. The Morgan fingerprint density at radius 2 is 1.53 bits per heavy atom. The average molecular weight is 257 g/mol. The summed E-state index contributed by atoms with van der Waals surface area (Å²) in [7, 11) is 0. The molecule has 2 N–H and O–H groups in total. The molecule has 0 amide bonds. The van der Waals surface area contributed by atoms with Crippen molar-refractivity contribution in [2.75, 3.05) is 0 Å². The average Bonchev–Trinajstić information content (AvgIpc) is 2.40. The van der Waals surface area contributed by atoms with Gasteiger partial charge in [-0.3, -0.25) is 4.79 Å². The van der Waals surface area contributed by atoms with Gasteiger partial charge >= 0.3 is 0 Å². The monoisotopic (exact) mass is 257 g/mol. The smallest absolute Gasteiger partial charge is 0.146 e. The fraction of sp³-hybridized carbons (Fsp3) is 0.188. The summed E-state index contributed by atoms with van der Waals surface area (Å²) < 4.78 is 12.8. The number of rotatable bonds is 4.